The third-order valence-corrected chi connectivity index (χ3v) is 2.09. The molecule has 1 amide bonds. The number of aromatic nitrogens is 1. The van der Waals surface area contributed by atoms with Crippen molar-refractivity contribution >= 4 is 22.0 Å². The minimum Gasteiger partial charge on any atom is -0.444 e. The summed E-state index contributed by atoms with van der Waals surface area (Å²) >= 11 is 3.24. The Kier molecular flexibility index (Phi) is 4.29. The number of alkyl carbamates (subject to hydrolysis) is 1. The molecule has 1 N–H and O–H groups in total. The van der Waals surface area contributed by atoms with E-state index in [1.54, 1.807) is 6.20 Å². The average molecular weight is 287 g/mol. The Morgan fingerprint density at radius 2 is 2.19 bits per heavy atom. The molecule has 0 spiro atoms. The van der Waals surface area contributed by atoms with Gasteiger partial charge < -0.3 is 10.1 Å². The molecule has 0 aliphatic carbocycles. The summed E-state index contributed by atoms with van der Waals surface area (Å²) < 4.78 is 5.88. The first-order chi connectivity index (χ1) is 7.37. The van der Waals surface area contributed by atoms with Crippen LogP contribution >= 0.6 is 15.9 Å². The fourth-order valence-electron chi connectivity index (χ4n) is 0.999. The molecule has 0 unspecified atom stereocenters. The van der Waals surface area contributed by atoms with Crippen LogP contribution in [0.3, 0.4) is 0 Å². The first-order valence-electron chi connectivity index (χ1n) is 4.94. The van der Waals surface area contributed by atoms with E-state index in [9.17, 15) is 4.79 Å². The van der Waals surface area contributed by atoms with Crippen molar-refractivity contribution in [3.8, 4) is 0 Å². The summed E-state index contributed by atoms with van der Waals surface area (Å²) in [6, 6.07) is 3.71. The number of ether oxygens (including phenoxy) is 1. The molecule has 4 nitrogen and oxygen atoms in total. The summed E-state index contributed by atoms with van der Waals surface area (Å²) in [5.41, 5.74) is 0.455. The Balaban J connectivity index is 2.40. The van der Waals surface area contributed by atoms with Gasteiger partial charge in [0.15, 0.2) is 0 Å². The molecule has 1 heterocycles. The van der Waals surface area contributed by atoms with Crippen molar-refractivity contribution in [2.24, 2.45) is 0 Å². The van der Waals surface area contributed by atoms with Crippen molar-refractivity contribution in [3.63, 3.8) is 0 Å². The molecule has 0 bridgehead atoms. The maximum atomic E-state index is 11.3. The summed E-state index contributed by atoms with van der Waals surface area (Å²) in [6.07, 6.45) is 1.27. The second-order valence-electron chi connectivity index (χ2n) is 4.34. The van der Waals surface area contributed by atoms with Gasteiger partial charge in [-0.25, -0.2) is 9.78 Å². The molecule has 0 aliphatic heterocycles. The molecule has 88 valence electrons. The summed E-state index contributed by atoms with van der Waals surface area (Å²) in [4.78, 5) is 15.4. The highest BCUT2D eigenvalue weighted by Crippen LogP contribution is 2.08. The quantitative estimate of drug-likeness (QED) is 0.851. The molecule has 1 aromatic heterocycles. The smallest absolute Gasteiger partial charge is 0.407 e. The van der Waals surface area contributed by atoms with Crippen molar-refractivity contribution in [2.45, 2.75) is 32.9 Å². The van der Waals surface area contributed by atoms with Crippen LogP contribution in [0.1, 0.15) is 26.3 Å². The van der Waals surface area contributed by atoms with Crippen LogP contribution in [0.25, 0.3) is 0 Å². The van der Waals surface area contributed by atoms with Gasteiger partial charge in [0.05, 0.1) is 0 Å². The normalized spacial score (nSPS) is 11.0. The average Bonchev–Trinajstić information content (AvgIpc) is 2.14. The summed E-state index contributed by atoms with van der Waals surface area (Å²) in [5.74, 6) is 0. The van der Waals surface area contributed by atoms with E-state index >= 15 is 0 Å². The van der Waals surface area contributed by atoms with E-state index in [4.69, 9.17) is 4.74 Å². The van der Waals surface area contributed by atoms with E-state index in [0.29, 0.717) is 6.54 Å². The largest absolute Gasteiger partial charge is 0.444 e. The van der Waals surface area contributed by atoms with Crippen molar-refractivity contribution in [3.05, 3.63) is 28.5 Å². The highest BCUT2D eigenvalue weighted by Gasteiger charge is 2.15. The number of halogens is 1. The number of rotatable bonds is 2. The SMILES string of the molecule is CC(C)(C)OC(=O)NCc1ccc(Br)nc1. The van der Waals surface area contributed by atoms with Crippen LogP contribution < -0.4 is 5.32 Å². The minimum absolute atomic E-state index is 0.412. The number of hydrogen-bond donors (Lipinski definition) is 1. The maximum Gasteiger partial charge on any atom is 0.407 e. The van der Waals surface area contributed by atoms with Crippen molar-refractivity contribution in [2.75, 3.05) is 0 Å². The van der Waals surface area contributed by atoms with Crippen LogP contribution in [-0.4, -0.2) is 16.7 Å². The van der Waals surface area contributed by atoms with Gasteiger partial charge in [0.2, 0.25) is 0 Å². The van der Waals surface area contributed by atoms with Gasteiger partial charge in [-0.3, -0.25) is 0 Å². The second kappa shape index (κ2) is 5.30. The lowest BCUT2D eigenvalue weighted by Crippen LogP contribution is -2.32. The van der Waals surface area contributed by atoms with Gasteiger partial charge in [-0.05, 0) is 48.3 Å². The van der Waals surface area contributed by atoms with Crippen LogP contribution in [0.4, 0.5) is 4.79 Å². The molecule has 5 heteroatoms. The molecule has 0 radical (unpaired) electrons. The van der Waals surface area contributed by atoms with Crippen LogP contribution in [0.15, 0.2) is 22.9 Å². The lowest BCUT2D eigenvalue weighted by molar-refractivity contribution is 0.0523. The topological polar surface area (TPSA) is 51.2 Å². The van der Waals surface area contributed by atoms with Crippen molar-refractivity contribution < 1.29 is 9.53 Å². The second-order valence-corrected chi connectivity index (χ2v) is 5.16. The zero-order chi connectivity index (χ0) is 12.2. The molecule has 1 rings (SSSR count). The van der Waals surface area contributed by atoms with E-state index in [2.05, 4.69) is 26.2 Å². The Labute approximate surface area is 104 Å². The number of nitrogens with zero attached hydrogens (tertiary/aromatic N) is 1. The zero-order valence-electron chi connectivity index (χ0n) is 9.58. The number of carbonyl (C=O) groups excluding carboxylic acids is 1. The summed E-state index contributed by atoms with van der Waals surface area (Å²) in [5, 5.41) is 2.66. The predicted octanol–water partition coefficient (Wildman–Crippen LogP) is 2.87. The fraction of sp³-hybridized carbons (Fsp3) is 0.455. The van der Waals surface area contributed by atoms with Crippen LogP contribution in [0.5, 0.6) is 0 Å². The first kappa shape index (κ1) is 13.0. The number of nitrogens with one attached hydrogen (secondary N) is 1. The Morgan fingerprint density at radius 3 is 2.69 bits per heavy atom. The van der Waals surface area contributed by atoms with Gasteiger partial charge in [-0.2, -0.15) is 0 Å². The zero-order valence-corrected chi connectivity index (χ0v) is 11.2. The van der Waals surface area contributed by atoms with Gasteiger partial charge in [0.1, 0.15) is 10.2 Å². The van der Waals surface area contributed by atoms with E-state index in [0.717, 1.165) is 10.2 Å². The summed E-state index contributed by atoms with van der Waals surface area (Å²) in [7, 11) is 0. The lowest BCUT2D eigenvalue weighted by Gasteiger charge is -2.19. The number of amides is 1. The third kappa shape index (κ3) is 5.11. The fourth-order valence-corrected chi connectivity index (χ4v) is 1.23. The predicted molar refractivity (Wildman–Crippen MR) is 65.0 cm³/mol. The highest BCUT2D eigenvalue weighted by molar-refractivity contribution is 9.10. The van der Waals surface area contributed by atoms with E-state index < -0.39 is 11.7 Å². The Hall–Kier alpha value is -1.10. The molecule has 0 atom stereocenters. The third-order valence-electron chi connectivity index (χ3n) is 1.62. The lowest BCUT2D eigenvalue weighted by atomic mass is 10.2. The van der Waals surface area contributed by atoms with Gasteiger partial charge in [0, 0.05) is 12.7 Å². The monoisotopic (exact) mass is 286 g/mol. The van der Waals surface area contributed by atoms with Crippen LogP contribution in [0, 0.1) is 0 Å². The minimum atomic E-state index is -0.470. The van der Waals surface area contributed by atoms with E-state index in [-0.39, 0.29) is 0 Å². The van der Waals surface area contributed by atoms with E-state index in [1.807, 2.05) is 32.9 Å². The van der Waals surface area contributed by atoms with Crippen molar-refractivity contribution in [1.82, 2.24) is 10.3 Å². The van der Waals surface area contributed by atoms with Gasteiger partial charge >= 0.3 is 6.09 Å². The molecule has 16 heavy (non-hydrogen) atoms. The molecule has 0 aromatic carbocycles. The molecule has 0 saturated carbocycles. The Bertz CT molecular complexity index is 357. The van der Waals surface area contributed by atoms with Gasteiger partial charge in [0.25, 0.3) is 0 Å². The molecule has 0 aliphatic rings. The molecule has 0 fully saturated rings. The number of carbonyl (C=O) groups is 1. The Morgan fingerprint density at radius 1 is 1.50 bits per heavy atom. The number of pyridine rings is 1. The molecular weight excluding hydrogens is 272 g/mol. The van der Waals surface area contributed by atoms with Gasteiger partial charge in [-0.1, -0.05) is 6.07 Å². The standard InChI is InChI=1S/C11H15BrN2O2/c1-11(2,3)16-10(15)14-7-8-4-5-9(12)13-6-8/h4-6H,7H2,1-3H3,(H,14,15). The first-order valence-corrected chi connectivity index (χ1v) is 5.73. The molecule has 1 aromatic rings. The maximum absolute atomic E-state index is 11.3. The van der Waals surface area contributed by atoms with Crippen LogP contribution in [0.2, 0.25) is 0 Å². The van der Waals surface area contributed by atoms with Gasteiger partial charge in [-0.15, -0.1) is 0 Å². The van der Waals surface area contributed by atoms with Crippen LogP contribution in [-0.2, 0) is 11.3 Å². The molecular formula is C11H15BrN2O2. The number of hydrogen-bond acceptors (Lipinski definition) is 3. The highest BCUT2D eigenvalue weighted by atomic mass is 79.9. The summed E-state index contributed by atoms with van der Waals surface area (Å²) in [6.45, 7) is 5.89. The van der Waals surface area contributed by atoms with E-state index in [1.165, 1.54) is 0 Å². The molecule has 0 saturated heterocycles. The van der Waals surface area contributed by atoms with Crippen molar-refractivity contribution in [1.29, 1.82) is 0 Å².